The summed E-state index contributed by atoms with van der Waals surface area (Å²) in [4.78, 5) is 28.9. The lowest BCUT2D eigenvalue weighted by molar-refractivity contribution is 0.0531. The van der Waals surface area contributed by atoms with Crippen LogP contribution in [0.3, 0.4) is 0 Å². The third-order valence-corrected chi connectivity index (χ3v) is 5.35. The van der Waals surface area contributed by atoms with Crippen molar-refractivity contribution < 1.29 is 9.59 Å². The molecule has 1 atom stereocenters. The summed E-state index contributed by atoms with van der Waals surface area (Å²) in [6.45, 7) is 4.12. The van der Waals surface area contributed by atoms with Gasteiger partial charge < -0.3 is 15.1 Å². The maximum atomic E-state index is 12.8. The second kappa shape index (κ2) is 7.92. The predicted molar refractivity (Wildman–Crippen MR) is 102 cm³/mol. The minimum atomic E-state index is -0.0515. The fraction of sp³-hybridized carbons (Fsp3) is 0.450. The van der Waals surface area contributed by atoms with Gasteiger partial charge in [0, 0.05) is 44.5 Å². The first-order valence-electron chi connectivity index (χ1n) is 9.62. The van der Waals surface area contributed by atoms with Crippen molar-refractivity contribution in [3.8, 4) is 0 Å². The molecule has 0 aliphatic carbocycles. The van der Waals surface area contributed by atoms with Crippen molar-refractivity contribution in [1.29, 1.82) is 0 Å². The van der Waals surface area contributed by atoms with Crippen LogP contribution in [0.1, 0.15) is 39.7 Å². The van der Waals surface area contributed by atoms with Gasteiger partial charge in [0.15, 0.2) is 0 Å². The summed E-state index contributed by atoms with van der Waals surface area (Å²) in [5.41, 5.74) is 1.18. The summed E-state index contributed by atoms with van der Waals surface area (Å²) in [6.07, 6.45) is 4.12. The number of rotatable bonds is 3. The van der Waals surface area contributed by atoms with E-state index in [1.807, 2.05) is 46.1 Å². The van der Waals surface area contributed by atoms with Crippen LogP contribution < -0.4 is 5.32 Å². The molecule has 3 heterocycles. The molecule has 0 bridgehead atoms. The second-order valence-corrected chi connectivity index (χ2v) is 7.13. The molecule has 1 aromatic carbocycles. The molecule has 1 N–H and O–H groups in total. The highest BCUT2D eigenvalue weighted by molar-refractivity contribution is 5.95. The zero-order valence-electron chi connectivity index (χ0n) is 15.4. The average Bonchev–Trinajstić information content (AvgIpc) is 3.24. The highest BCUT2D eigenvalue weighted by Gasteiger charge is 2.27. The highest BCUT2D eigenvalue weighted by atomic mass is 16.2. The van der Waals surface area contributed by atoms with Crippen LogP contribution in [-0.2, 0) is 0 Å². The van der Waals surface area contributed by atoms with Gasteiger partial charge in [-0.25, -0.2) is 0 Å². The standard InChI is InChI=1S/C20H25N5O2/c26-19(16-5-2-1-3-6-16)23-11-13-24(14-12-23)20(27)18-8-10-25(22-18)17-7-4-9-21-15-17/h1-3,5-6,8,10,17,21H,4,7,9,11-15H2. The smallest absolute Gasteiger partial charge is 0.274 e. The van der Waals surface area contributed by atoms with E-state index < -0.39 is 0 Å². The highest BCUT2D eigenvalue weighted by Crippen LogP contribution is 2.17. The minimum absolute atomic E-state index is 0.0248. The van der Waals surface area contributed by atoms with E-state index in [2.05, 4.69) is 10.4 Å². The molecule has 2 amide bonds. The zero-order valence-corrected chi connectivity index (χ0v) is 15.4. The molecular formula is C20H25N5O2. The third kappa shape index (κ3) is 3.88. The Morgan fingerprint density at radius 1 is 0.963 bits per heavy atom. The van der Waals surface area contributed by atoms with E-state index in [1.54, 1.807) is 11.0 Å². The van der Waals surface area contributed by atoms with Crippen LogP contribution in [-0.4, -0.2) is 70.7 Å². The van der Waals surface area contributed by atoms with Crippen LogP contribution in [0.2, 0.25) is 0 Å². The fourth-order valence-electron chi connectivity index (χ4n) is 3.75. The molecule has 1 aromatic heterocycles. The molecule has 2 aliphatic rings. The quantitative estimate of drug-likeness (QED) is 0.890. The number of nitrogens with one attached hydrogen (secondary N) is 1. The molecule has 2 fully saturated rings. The first kappa shape index (κ1) is 17.7. The Bertz CT molecular complexity index is 790. The summed E-state index contributed by atoms with van der Waals surface area (Å²) < 4.78 is 1.91. The van der Waals surface area contributed by atoms with Crippen LogP contribution in [0.4, 0.5) is 0 Å². The van der Waals surface area contributed by atoms with E-state index in [1.165, 1.54) is 0 Å². The van der Waals surface area contributed by atoms with Crippen molar-refractivity contribution in [3.63, 3.8) is 0 Å². The van der Waals surface area contributed by atoms with E-state index in [-0.39, 0.29) is 11.8 Å². The lowest BCUT2D eigenvalue weighted by atomic mass is 10.1. The van der Waals surface area contributed by atoms with E-state index in [0.29, 0.717) is 43.5 Å². The molecule has 0 spiro atoms. The van der Waals surface area contributed by atoms with E-state index >= 15 is 0 Å². The molecule has 2 aromatic rings. The molecule has 2 saturated heterocycles. The first-order valence-corrected chi connectivity index (χ1v) is 9.62. The maximum absolute atomic E-state index is 12.8. The topological polar surface area (TPSA) is 70.5 Å². The van der Waals surface area contributed by atoms with Gasteiger partial charge in [-0.2, -0.15) is 5.10 Å². The average molecular weight is 367 g/mol. The Morgan fingerprint density at radius 2 is 1.67 bits per heavy atom. The molecule has 0 radical (unpaired) electrons. The molecule has 27 heavy (non-hydrogen) atoms. The van der Waals surface area contributed by atoms with E-state index in [9.17, 15) is 9.59 Å². The van der Waals surface area contributed by atoms with Gasteiger partial charge >= 0.3 is 0 Å². The summed E-state index contributed by atoms with van der Waals surface area (Å²) in [5, 5.41) is 7.89. The lowest BCUT2D eigenvalue weighted by Crippen LogP contribution is -2.50. The zero-order chi connectivity index (χ0) is 18.6. The summed E-state index contributed by atoms with van der Waals surface area (Å²) in [7, 11) is 0. The number of carbonyl (C=O) groups excluding carboxylic acids is 2. The van der Waals surface area contributed by atoms with Crippen molar-refractivity contribution >= 4 is 11.8 Å². The number of benzene rings is 1. The van der Waals surface area contributed by atoms with Crippen LogP contribution in [0.5, 0.6) is 0 Å². The van der Waals surface area contributed by atoms with Gasteiger partial charge in [-0.15, -0.1) is 0 Å². The summed E-state index contributed by atoms with van der Waals surface area (Å²) >= 11 is 0. The second-order valence-electron chi connectivity index (χ2n) is 7.13. The maximum Gasteiger partial charge on any atom is 0.274 e. The predicted octanol–water partition coefficient (Wildman–Crippen LogP) is 1.41. The summed E-state index contributed by atoms with van der Waals surface area (Å²) in [5.74, 6) is -0.0268. The number of piperazine rings is 1. The number of piperidine rings is 1. The number of amides is 2. The van der Waals surface area contributed by atoms with Gasteiger partial charge in [0.2, 0.25) is 0 Å². The third-order valence-electron chi connectivity index (χ3n) is 5.35. The van der Waals surface area contributed by atoms with Gasteiger partial charge in [0.25, 0.3) is 11.8 Å². The lowest BCUT2D eigenvalue weighted by Gasteiger charge is -2.34. The van der Waals surface area contributed by atoms with Gasteiger partial charge in [0.1, 0.15) is 5.69 Å². The first-order chi connectivity index (χ1) is 13.2. The minimum Gasteiger partial charge on any atom is -0.335 e. The fourth-order valence-corrected chi connectivity index (χ4v) is 3.75. The van der Waals surface area contributed by atoms with Crippen LogP contribution in [0.25, 0.3) is 0 Å². The number of nitrogens with zero attached hydrogens (tertiary/aromatic N) is 4. The number of aromatic nitrogens is 2. The Morgan fingerprint density at radius 3 is 2.33 bits per heavy atom. The van der Waals surface area contributed by atoms with Crippen molar-refractivity contribution in [2.45, 2.75) is 18.9 Å². The van der Waals surface area contributed by atoms with Crippen LogP contribution >= 0.6 is 0 Å². The monoisotopic (exact) mass is 367 g/mol. The number of hydrogen-bond donors (Lipinski definition) is 1. The molecule has 1 unspecified atom stereocenters. The molecular weight excluding hydrogens is 342 g/mol. The van der Waals surface area contributed by atoms with E-state index in [0.717, 1.165) is 25.9 Å². The Labute approximate surface area is 158 Å². The van der Waals surface area contributed by atoms with Crippen molar-refractivity contribution in [2.24, 2.45) is 0 Å². The van der Waals surface area contributed by atoms with Gasteiger partial charge in [-0.1, -0.05) is 18.2 Å². The number of hydrogen-bond acceptors (Lipinski definition) is 4. The van der Waals surface area contributed by atoms with E-state index in [4.69, 9.17) is 0 Å². The molecule has 4 rings (SSSR count). The molecule has 2 aliphatic heterocycles. The normalized spacial score (nSPS) is 20.5. The van der Waals surface area contributed by atoms with Crippen molar-refractivity contribution in [2.75, 3.05) is 39.3 Å². The number of carbonyl (C=O) groups is 2. The largest absolute Gasteiger partial charge is 0.335 e. The van der Waals surface area contributed by atoms with Gasteiger partial charge in [0.05, 0.1) is 6.04 Å². The van der Waals surface area contributed by atoms with Crippen molar-refractivity contribution in [1.82, 2.24) is 24.9 Å². The Hall–Kier alpha value is -2.67. The molecule has 7 heteroatoms. The summed E-state index contributed by atoms with van der Waals surface area (Å²) in [6, 6.07) is 11.4. The molecule has 0 saturated carbocycles. The Kier molecular flexibility index (Phi) is 5.20. The van der Waals surface area contributed by atoms with Gasteiger partial charge in [-0.05, 0) is 37.6 Å². The SMILES string of the molecule is O=C(c1ccccc1)N1CCN(C(=O)c2ccn(C3CCCNC3)n2)CC1. The molecule has 7 nitrogen and oxygen atoms in total. The molecule has 142 valence electrons. The Balaban J connectivity index is 1.35. The van der Waals surface area contributed by atoms with Crippen LogP contribution in [0, 0.1) is 0 Å². The van der Waals surface area contributed by atoms with Gasteiger partial charge in [-0.3, -0.25) is 14.3 Å². The van der Waals surface area contributed by atoms with Crippen LogP contribution in [0.15, 0.2) is 42.6 Å². The van der Waals surface area contributed by atoms with Crippen molar-refractivity contribution in [3.05, 3.63) is 53.9 Å².